The summed E-state index contributed by atoms with van der Waals surface area (Å²) in [5, 5.41) is 7.59. The highest BCUT2D eigenvalue weighted by Crippen LogP contribution is 2.42. The summed E-state index contributed by atoms with van der Waals surface area (Å²) in [4.78, 5) is 21.0. The highest BCUT2D eigenvalue weighted by Gasteiger charge is 2.20. The molecule has 0 bridgehead atoms. The molecule has 13 aromatic rings. The molecule has 4 heterocycles. The minimum atomic E-state index is 0.583. The van der Waals surface area contributed by atoms with E-state index in [0.29, 0.717) is 17.5 Å². The Morgan fingerprint density at radius 2 is 0.937 bits per heavy atom. The fraction of sp³-hybridized carbons (Fsp3) is 0. The number of hydrogen-bond donors (Lipinski definition) is 0. The predicted molar refractivity (Wildman–Crippen MR) is 259 cm³/mol. The van der Waals surface area contributed by atoms with Crippen molar-refractivity contribution in [2.24, 2.45) is 0 Å². The van der Waals surface area contributed by atoms with Crippen LogP contribution in [-0.2, 0) is 0 Å². The van der Waals surface area contributed by atoms with Gasteiger partial charge in [-0.05, 0) is 76.5 Å². The van der Waals surface area contributed by atoms with Crippen molar-refractivity contribution in [1.29, 1.82) is 0 Å². The van der Waals surface area contributed by atoms with Crippen molar-refractivity contribution < 1.29 is 4.42 Å². The molecule has 0 N–H and O–H groups in total. The maximum Gasteiger partial charge on any atom is 0.164 e. The number of rotatable bonds is 6. The molecule has 63 heavy (non-hydrogen) atoms. The van der Waals surface area contributed by atoms with Gasteiger partial charge in [0, 0.05) is 44.1 Å². The summed E-state index contributed by atoms with van der Waals surface area (Å²) in [6.07, 6.45) is 0. The molecular formula is C56H33N5OS. The Kier molecular flexibility index (Phi) is 7.98. The zero-order valence-corrected chi connectivity index (χ0v) is 34.4. The largest absolute Gasteiger partial charge is 0.456 e. The second-order valence-electron chi connectivity index (χ2n) is 15.8. The topological polar surface area (TPSA) is 69.6 Å². The van der Waals surface area contributed by atoms with Gasteiger partial charge in [0.05, 0.1) is 26.6 Å². The molecule has 0 saturated carbocycles. The standard InChI is InChI=1S/C56H33N5OS/c1-3-13-34(14-4-1)37-17-11-18-38(31-37)53-58-54(39-19-12-20-41(32-39)61-45-23-9-7-21-42(45)43-22-8-10-24-46(43)61)60-55(59-53)40-26-25-35-27-28-47-50(44(35)33-40)51-48(62-47)29-30-49-52(51)57-56(63-49)36-15-5-2-6-16-36/h1-33H. The van der Waals surface area contributed by atoms with E-state index < -0.39 is 0 Å². The lowest BCUT2D eigenvalue weighted by Gasteiger charge is -2.12. The summed E-state index contributed by atoms with van der Waals surface area (Å²) < 4.78 is 9.99. The van der Waals surface area contributed by atoms with Crippen LogP contribution >= 0.6 is 11.3 Å². The number of thiazole rings is 1. The van der Waals surface area contributed by atoms with Gasteiger partial charge in [-0.25, -0.2) is 19.9 Å². The van der Waals surface area contributed by atoms with E-state index >= 15 is 0 Å². The minimum absolute atomic E-state index is 0.583. The fourth-order valence-corrected chi connectivity index (χ4v) is 10.1. The summed E-state index contributed by atoms with van der Waals surface area (Å²) >= 11 is 1.70. The smallest absolute Gasteiger partial charge is 0.164 e. The third-order valence-electron chi connectivity index (χ3n) is 12.1. The molecule has 13 rings (SSSR count). The zero-order chi connectivity index (χ0) is 41.4. The summed E-state index contributed by atoms with van der Waals surface area (Å²) in [6.45, 7) is 0. The van der Waals surface area contributed by atoms with Crippen molar-refractivity contribution in [3.8, 4) is 61.5 Å². The van der Waals surface area contributed by atoms with Gasteiger partial charge in [-0.1, -0.05) is 146 Å². The number of hydrogen-bond acceptors (Lipinski definition) is 6. The second kappa shape index (κ2) is 14.2. The van der Waals surface area contributed by atoms with E-state index in [9.17, 15) is 0 Å². The normalized spacial score (nSPS) is 11.8. The Labute approximate surface area is 365 Å². The van der Waals surface area contributed by atoms with Crippen LogP contribution in [0.5, 0.6) is 0 Å². The van der Waals surface area contributed by atoms with Gasteiger partial charge in [0.1, 0.15) is 16.2 Å². The first-order valence-corrected chi connectivity index (χ1v) is 21.8. The van der Waals surface area contributed by atoms with E-state index in [0.717, 1.165) is 98.0 Å². The molecule has 9 aromatic carbocycles. The molecule has 0 saturated heterocycles. The van der Waals surface area contributed by atoms with E-state index in [4.69, 9.17) is 24.4 Å². The zero-order valence-electron chi connectivity index (χ0n) is 33.6. The Morgan fingerprint density at radius 1 is 0.381 bits per heavy atom. The van der Waals surface area contributed by atoms with Crippen molar-refractivity contribution in [3.63, 3.8) is 0 Å². The van der Waals surface area contributed by atoms with Crippen LogP contribution in [-0.4, -0.2) is 24.5 Å². The van der Waals surface area contributed by atoms with Gasteiger partial charge < -0.3 is 8.98 Å². The van der Waals surface area contributed by atoms with Crippen LogP contribution in [0, 0.1) is 0 Å². The van der Waals surface area contributed by atoms with Crippen molar-refractivity contribution in [1.82, 2.24) is 24.5 Å². The van der Waals surface area contributed by atoms with Gasteiger partial charge in [0.25, 0.3) is 0 Å². The molecule has 0 aliphatic heterocycles. The lowest BCUT2D eigenvalue weighted by atomic mass is 10.0. The predicted octanol–water partition coefficient (Wildman–Crippen LogP) is 15.0. The molecule has 4 aromatic heterocycles. The highest BCUT2D eigenvalue weighted by molar-refractivity contribution is 7.21. The van der Waals surface area contributed by atoms with Crippen molar-refractivity contribution >= 4 is 76.1 Å². The summed E-state index contributed by atoms with van der Waals surface area (Å²) in [5.41, 5.74) is 11.9. The number of fused-ring (bicyclic) bond motifs is 10. The fourth-order valence-electron chi connectivity index (χ4n) is 9.12. The van der Waals surface area contributed by atoms with Crippen LogP contribution in [0.3, 0.4) is 0 Å². The van der Waals surface area contributed by atoms with Gasteiger partial charge in [0.15, 0.2) is 17.5 Å². The van der Waals surface area contributed by atoms with Crippen LogP contribution in [0.1, 0.15) is 0 Å². The van der Waals surface area contributed by atoms with Gasteiger partial charge in [-0.2, -0.15) is 0 Å². The number of furan rings is 1. The summed E-state index contributed by atoms with van der Waals surface area (Å²) in [7, 11) is 0. The van der Waals surface area contributed by atoms with E-state index in [1.807, 2.05) is 12.1 Å². The average molecular weight is 824 g/mol. The van der Waals surface area contributed by atoms with Crippen LogP contribution in [0.25, 0.3) is 126 Å². The average Bonchev–Trinajstić information content (AvgIpc) is 4.07. The maximum absolute atomic E-state index is 6.55. The van der Waals surface area contributed by atoms with Crippen molar-refractivity contribution in [2.75, 3.05) is 0 Å². The number of nitrogens with zero attached hydrogens (tertiary/aromatic N) is 5. The molecule has 0 atom stereocenters. The number of aromatic nitrogens is 5. The first-order chi connectivity index (χ1) is 31.2. The summed E-state index contributed by atoms with van der Waals surface area (Å²) in [5.74, 6) is 1.77. The molecule has 0 fully saturated rings. The van der Waals surface area contributed by atoms with E-state index in [-0.39, 0.29) is 0 Å². The van der Waals surface area contributed by atoms with E-state index in [2.05, 4.69) is 193 Å². The Balaban J connectivity index is 1.02. The van der Waals surface area contributed by atoms with Gasteiger partial charge in [-0.15, -0.1) is 11.3 Å². The number of benzene rings is 9. The van der Waals surface area contributed by atoms with E-state index in [1.54, 1.807) is 11.3 Å². The van der Waals surface area contributed by atoms with Crippen LogP contribution in [0.4, 0.5) is 0 Å². The van der Waals surface area contributed by atoms with Crippen molar-refractivity contribution in [3.05, 3.63) is 200 Å². The molecule has 0 amide bonds. The number of para-hydroxylation sites is 2. The van der Waals surface area contributed by atoms with Crippen LogP contribution < -0.4 is 0 Å². The SMILES string of the molecule is c1ccc(-c2cccc(-c3nc(-c4cccc(-n5c6ccccc6c6ccccc65)c4)nc(-c4ccc5ccc6oc7ccc8sc(-c9ccccc9)nc8c7c6c5c4)n3)c2)cc1. The Morgan fingerprint density at radius 3 is 1.67 bits per heavy atom. The Hall–Kier alpha value is -8.26. The molecule has 294 valence electrons. The van der Waals surface area contributed by atoms with Gasteiger partial charge in [-0.3, -0.25) is 0 Å². The molecule has 0 aliphatic carbocycles. The first kappa shape index (κ1) is 35.5. The maximum atomic E-state index is 6.55. The third-order valence-corrected chi connectivity index (χ3v) is 13.1. The molecular weight excluding hydrogens is 791 g/mol. The van der Waals surface area contributed by atoms with Crippen molar-refractivity contribution in [2.45, 2.75) is 0 Å². The van der Waals surface area contributed by atoms with Gasteiger partial charge >= 0.3 is 0 Å². The lowest BCUT2D eigenvalue weighted by Crippen LogP contribution is -2.01. The third kappa shape index (κ3) is 5.86. The summed E-state index contributed by atoms with van der Waals surface area (Å²) in [6, 6.07) is 69.7. The molecule has 7 heteroatoms. The molecule has 0 spiro atoms. The Bertz CT molecular complexity index is 3870. The monoisotopic (exact) mass is 823 g/mol. The quantitative estimate of drug-likeness (QED) is 0.167. The highest BCUT2D eigenvalue weighted by atomic mass is 32.1. The minimum Gasteiger partial charge on any atom is -0.456 e. The molecule has 0 aliphatic rings. The van der Waals surface area contributed by atoms with Crippen LogP contribution in [0.2, 0.25) is 0 Å². The molecule has 0 radical (unpaired) electrons. The van der Waals surface area contributed by atoms with E-state index in [1.165, 1.54) is 10.8 Å². The molecule has 0 unspecified atom stereocenters. The molecule has 6 nitrogen and oxygen atoms in total. The van der Waals surface area contributed by atoms with Gasteiger partial charge in [0.2, 0.25) is 0 Å². The first-order valence-electron chi connectivity index (χ1n) is 21.0. The second-order valence-corrected chi connectivity index (χ2v) is 16.9. The lowest BCUT2D eigenvalue weighted by molar-refractivity contribution is 0.669. The van der Waals surface area contributed by atoms with Crippen LogP contribution in [0.15, 0.2) is 205 Å².